The Kier molecular flexibility index (Phi) is 4.26. The van der Waals surface area contributed by atoms with E-state index in [1.807, 2.05) is 6.07 Å². The van der Waals surface area contributed by atoms with Crippen LogP contribution in [-0.4, -0.2) is 11.9 Å². The third-order valence-electron chi connectivity index (χ3n) is 2.42. The van der Waals surface area contributed by atoms with Crippen molar-refractivity contribution >= 4 is 18.0 Å². The molecule has 0 aromatic heterocycles. The second-order valence-electron chi connectivity index (χ2n) is 3.96. The minimum Gasteiger partial charge on any atom is -0.422 e. The highest BCUT2D eigenvalue weighted by Crippen LogP contribution is 2.37. The van der Waals surface area contributed by atoms with Crippen molar-refractivity contribution in [2.75, 3.05) is 0 Å². The lowest BCUT2D eigenvalue weighted by Gasteiger charge is -2.15. The van der Waals surface area contributed by atoms with Crippen LogP contribution in [0.5, 0.6) is 11.5 Å². The van der Waals surface area contributed by atoms with E-state index in [-0.39, 0.29) is 11.5 Å². The molecule has 96 valence electrons. The lowest BCUT2D eigenvalue weighted by atomic mass is 10.0. The van der Waals surface area contributed by atoms with Gasteiger partial charge in [-0.3, -0.25) is 9.59 Å². The summed E-state index contributed by atoms with van der Waals surface area (Å²) in [5.41, 5.74) is 2.25. The Morgan fingerprint density at radius 1 is 1.11 bits per heavy atom. The molecule has 0 heterocycles. The largest absolute Gasteiger partial charge is 0.422 e. The van der Waals surface area contributed by atoms with E-state index < -0.39 is 11.9 Å². The fraction of sp³-hybridized carbons (Fsp3) is 0.286. The van der Waals surface area contributed by atoms with Gasteiger partial charge in [-0.25, -0.2) is 0 Å². The number of esters is 2. The number of ether oxygens (including phenoxy) is 2. The van der Waals surface area contributed by atoms with Crippen LogP contribution in [0.2, 0.25) is 0 Å². The summed E-state index contributed by atoms with van der Waals surface area (Å²) in [7, 11) is 0. The summed E-state index contributed by atoms with van der Waals surface area (Å²) in [6, 6.07) is 1.83. The van der Waals surface area contributed by atoms with Crippen molar-refractivity contribution in [1.29, 1.82) is 0 Å². The Labute approximate surface area is 106 Å². The zero-order chi connectivity index (χ0) is 13.9. The SMILES string of the molecule is C=Cc1cc(C)c(OC(C)=O)c(OC(C)=O)c1C. The second kappa shape index (κ2) is 5.49. The van der Waals surface area contributed by atoms with Gasteiger partial charge >= 0.3 is 11.9 Å². The lowest BCUT2D eigenvalue weighted by molar-refractivity contribution is -0.134. The van der Waals surface area contributed by atoms with Crippen molar-refractivity contribution in [3.8, 4) is 11.5 Å². The van der Waals surface area contributed by atoms with Crippen LogP contribution < -0.4 is 9.47 Å². The molecule has 0 radical (unpaired) electrons. The zero-order valence-corrected chi connectivity index (χ0v) is 11.0. The monoisotopic (exact) mass is 248 g/mol. The smallest absolute Gasteiger partial charge is 0.308 e. The summed E-state index contributed by atoms with van der Waals surface area (Å²) in [6.07, 6.45) is 1.66. The summed E-state index contributed by atoms with van der Waals surface area (Å²) in [6.45, 7) is 9.85. The van der Waals surface area contributed by atoms with E-state index in [9.17, 15) is 9.59 Å². The maximum Gasteiger partial charge on any atom is 0.308 e. The van der Waals surface area contributed by atoms with E-state index in [0.717, 1.165) is 5.56 Å². The number of benzene rings is 1. The minimum absolute atomic E-state index is 0.271. The molecule has 0 N–H and O–H groups in total. The molecule has 0 unspecified atom stereocenters. The van der Waals surface area contributed by atoms with Crippen LogP contribution in [0.3, 0.4) is 0 Å². The van der Waals surface area contributed by atoms with Crippen molar-refractivity contribution in [3.05, 3.63) is 29.3 Å². The first-order valence-electron chi connectivity index (χ1n) is 5.50. The van der Waals surface area contributed by atoms with Crippen LogP contribution in [0.25, 0.3) is 6.08 Å². The highest BCUT2D eigenvalue weighted by atomic mass is 16.6. The van der Waals surface area contributed by atoms with Gasteiger partial charge < -0.3 is 9.47 Å². The number of carbonyl (C=O) groups is 2. The molecule has 0 aliphatic carbocycles. The van der Waals surface area contributed by atoms with E-state index in [1.54, 1.807) is 19.9 Å². The molecule has 4 nitrogen and oxygen atoms in total. The van der Waals surface area contributed by atoms with Crippen molar-refractivity contribution in [1.82, 2.24) is 0 Å². The van der Waals surface area contributed by atoms with Crippen molar-refractivity contribution in [2.24, 2.45) is 0 Å². The highest BCUT2D eigenvalue weighted by molar-refractivity contribution is 5.77. The normalized spacial score (nSPS) is 9.78. The van der Waals surface area contributed by atoms with E-state index >= 15 is 0 Å². The quantitative estimate of drug-likeness (QED) is 0.609. The maximum absolute atomic E-state index is 11.1. The number of hydrogen-bond donors (Lipinski definition) is 0. The van der Waals surface area contributed by atoms with E-state index in [4.69, 9.17) is 9.47 Å². The van der Waals surface area contributed by atoms with Crippen LogP contribution >= 0.6 is 0 Å². The van der Waals surface area contributed by atoms with Gasteiger partial charge in [-0.05, 0) is 31.0 Å². The van der Waals surface area contributed by atoms with Gasteiger partial charge in [0.05, 0.1) is 0 Å². The number of rotatable bonds is 3. The first-order valence-corrected chi connectivity index (χ1v) is 5.50. The molecule has 0 aliphatic rings. The van der Waals surface area contributed by atoms with E-state index in [0.29, 0.717) is 11.1 Å². The summed E-state index contributed by atoms with van der Waals surface area (Å²) in [5.74, 6) is -0.377. The van der Waals surface area contributed by atoms with Crippen LogP contribution in [-0.2, 0) is 9.59 Å². The van der Waals surface area contributed by atoms with Crippen molar-refractivity contribution in [2.45, 2.75) is 27.7 Å². The topological polar surface area (TPSA) is 52.6 Å². The predicted molar refractivity (Wildman–Crippen MR) is 68.6 cm³/mol. The van der Waals surface area contributed by atoms with Crippen LogP contribution in [0.1, 0.15) is 30.5 Å². The molecule has 1 rings (SSSR count). The zero-order valence-electron chi connectivity index (χ0n) is 11.0. The molecule has 0 bridgehead atoms. The lowest BCUT2D eigenvalue weighted by Crippen LogP contribution is -2.10. The molecule has 0 spiro atoms. The van der Waals surface area contributed by atoms with Gasteiger partial charge in [0.15, 0.2) is 11.5 Å². The van der Waals surface area contributed by atoms with Gasteiger partial charge in [0.2, 0.25) is 0 Å². The third-order valence-corrected chi connectivity index (χ3v) is 2.42. The molecule has 0 saturated carbocycles. The summed E-state index contributed by atoms with van der Waals surface area (Å²) in [4.78, 5) is 22.2. The maximum atomic E-state index is 11.1. The van der Waals surface area contributed by atoms with Gasteiger partial charge in [-0.2, -0.15) is 0 Å². The Bertz CT molecular complexity index is 515. The van der Waals surface area contributed by atoms with Gasteiger partial charge in [-0.1, -0.05) is 12.7 Å². The highest BCUT2D eigenvalue weighted by Gasteiger charge is 2.18. The van der Waals surface area contributed by atoms with Crippen LogP contribution in [0.4, 0.5) is 0 Å². The van der Waals surface area contributed by atoms with Crippen molar-refractivity contribution in [3.63, 3.8) is 0 Å². The average molecular weight is 248 g/mol. The molecular weight excluding hydrogens is 232 g/mol. The minimum atomic E-state index is -0.466. The third kappa shape index (κ3) is 2.97. The summed E-state index contributed by atoms with van der Waals surface area (Å²) < 4.78 is 10.2. The fourth-order valence-electron chi connectivity index (χ4n) is 1.64. The molecule has 0 atom stereocenters. The van der Waals surface area contributed by atoms with Gasteiger partial charge in [0.25, 0.3) is 0 Å². The molecule has 18 heavy (non-hydrogen) atoms. The Morgan fingerprint density at radius 2 is 1.61 bits per heavy atom. The molecular formula is C14H16O4. The van der Waals surface area contributed by atoms with Gasteiger partial charge in [0.1, 0.15) is 0 Å². The number of carbonyl (C=O) groups excluding carboxylic acids is 2. The van der Waals surface area contributed by atoms with Crippen LogP contribution in [0, 0.1) is 13.8 Å². The first kappa shape index (κ1) is 14.0. The van der Waals surface area contributed by atoms with E-state index in [2.05, 4.69) is 6.58 Å². The van der Waals surface area contributed by atoms with Crippen molar-refractivity contribution < 1.29 is 19.1 Å². The molecule has 0 amide bonds. The Hall–Kier alpha value is -2.10. The first-order chi connectivity index (χ1) is 8.36. The molecule has 1 aromatic carbocycles. The Morgan fingerprint density at radius 3 is 2.06 bits per heavy atom. The molecule has 1 aromatic rings. The molecule has 0 fully saturated rings. The second-order valence-corrected chi connectivity index (χ2v) is 3.96. The molecule has 0 aliphatic heterocycles. The fourth-order valence-corrected chi connectivity index (χ4v) is 1.64. The van der Waals surface area contributed by atoms with Gasteiger partial charge in [-0.15, -0.1) is 0 Å². The van der Waals surface area contributed by atoms with E-state index in [1.165, 1.54) is 13.8 Å². The summed E-state index contributed by atoms with van der Waals surface area (Å²) >= 11 is 0. The molecule has 0 saturated heterocycles. The standard InChI is InChI=1S/C14H16O4/c1-6-12-7-8(2)13(17-10(4)15)14(9(12)3)18-11(5)16/h6-7H,1H2,2-5H3. The average Bonchev–Trinajstić information content (AvgIpc) is 2.27. The number of hydrogen-bond acceptors (Lipinski definition) is 4. The predicted octanol–water partition coefficient (Wildman–Crippen LogP) is 2.80. The number of aryl methyl sites for hydroxylation is 1. The van der Waals surface area contributed by atoms with Crippen LogP contribution in [0.15, 0.2) is 12.6 Å². The molecule has 4 heteroatoms. The van der Waals surface area contributed by atoms with Gasteiger partial charge in [0, 0.05) is 19.4 Å². The Balaban J connectivity index is 3.46. The summed E-state index contributed by atoms with van der Waals surface area (Å²) in [5, 5.41) is 0.